The Morgan fingerprint density at radius 1 is 1.10 bits per heavy atom. The normalized spacial score (nSPS) is 17.7. The zero-order valence-electron chi connectivity index (χ0n) is 17.6. The SMILES string of the molecule is O=C(CSc1nnc(C2CC2)n1Cc1ccco1)NC(c1ccccc1)C1CCCC1. The summed E-state index contributed by atoms with van der Waals surface area (Å²) in [7, 11) is 0. The molecule has 1 atom stereocenters. The minimum atomic E-state index is 0.0475. The second-order valence-corrected chi connectivity index (χ2v) is 9.51. The van der Waals surface area contributed by atoms with E-state index in [2.05, 4.69) is 44.3 Å². The van der Waals surface area contributed by atoms with E-state index in [4.69, 9.17) is 4.42 Å². The first-order valence-electron chi connectivity index (χ1n) is 11.2. The molecule has 2 heterocycles. The standard InChI is InChI=1S/C24H28N4O2S/c29-21(25-22(18-9-4-5-10-18)17-7-2-1-3-8-17)16-31-24-27-26-23(19-12-13-19)28(24)15-20-11-6-14-30-20/h1-3,6-8,11,14,18-19,22H,4-5,9-10,12-13,15-16H2,(H,25,29). The van der Waals surface area contributed by atoms with Crippen LogP contribution >= 0.6 is 11.8 Å². The van der Waals surface area contributed by atoms with Crippen LogP contribution in [-0.4, -0.2) is 26.4 Å². The molecule has 2 aromatic heterocycles. The van der Waals surface area contributed by atoms with E-state index in [0.717, 1.165) is 29.6 Å². The maximum Gasteiger partial charge on any atom is 0.230 e. The fourth-order valence-electron chi connectivity index (χ4n) is 4.53. The number of nitrogens with one attached hydrogen (secondary N) is 1. The smallest absolute Gasteiger partial charge is 0.230 e. The molecule has 2 aliphatic rings. The van der Waals surface area contributed by atoms with Gasteiger partial charge in [-0.25, -0.2) is 0 Å². The first-order chi connectivity index (χ1) is 15.3. The second-order valence-electron chi connectivity index (χ2n) is 8.57. The van der Waals surface area contributed by atoms with Crippen molar-refractivity contribution in [3.05, 3.63) is 65.9 Å². The van der Waals surface area contributed by atoms with Gasteiger partial charge < -0.3 is 9.73 Å². The average Bonchev–Trinajstić information content (AvgIpc) is 3.18. The number of nitrogens with zero attached hydrogens (tertiary/aromatic N) is 3. The molecule has 0 saturated heterocycles. The largest absolute Gasteiger partial charge is 0.467 e. The molecule has 162 valence electrons. The number of thioether (sulfide) groups is 1. The molecule has 7 heteroatoms. The van der Waals surface area contributed by atoms with Crippen molar-refractivity contribution in [2.75, 3.05) is 5.75 Å². The number of furan rings is 1. The summed E-state index contributed by atoms with van der Waals surface area (Å²) in [5, 5.41) is 12.9. The van der Waals surface area contributed by atoms with Gasteiger partial charge in [0.25, 0.3) is 0 Å². The molecule has 2 saturated carbocycles. The summed E-state index contributed by atoms with van der Waals surface area (Å²) in [6.07, 6.45) is 8.84. The zero-order chi connectivity index (χ0) is 21.0. The van der Waals surface area contributed by atoms with Crippen molar-refractivity contribution in [2.45, 2.75) is 62.2 Å². The highest BCUT2D eigenvalue weighted by Crippen LogP contribution is 2.40. The predicted molar refractivity (Wildman–Crippen MR) is 120 cm³/mol. The van der Waals surface area contributed by atoms with E-state index in [1.54, 1.807) is 6.26 Å². The second kappa shape index (κ2) is 9.30. The molecule has 0 bridgehead atoms. The van der Waals surface area contributed by atoms with Gasteiger partial charge in [0, 0.05) is 5.92 Å². The van der Waals surface area contributed by atoms with Crippen molar-refractivity contribution in [3.63, 3.8) is 0 Å². The Hall–Kier alpha value is -2.54. The van der Waals surface area contributed by atoms with Crippen LogP contribution in [0.1, 0.15) is 67.6 Å². The van der Waals surface area contributed by atoms with Gasteiger partial charge in [-0.2, -0.15) is 0 Å². The van der Waals surface area contributed by atoms with Gasteiger partial charge in [-0.15, -0.1) is 10.2 Å². The Labute approximate surface area is 186 Å². The minimum Gasteiger partial charge on any atom is -0.467 e. The van der Waals surface area contributed by atoms with E-state index in [-0.39, 0.29) is 11.9 Å². The van der Waals surface area contributed by atoms with Crippen molar-refractivity contribution in [1.29, 1.82) is 0 Å². The summed E-state index contributed by atoms with van der Waals surface area (Å²) >= 11 is 1.46. The van der Waals surface area contributed by atoms with Crippen molar-refractivity contribution in [3.8, 4) is 0 Å². The average molecular weight is 437 g/mol. The van der Waals surface area contributed by atoms with E-state index in [1.807, 2.05) is 18.2 Å². The van der Waals surface area contributed by atoms with Gasteiger partial charge in [0.1, 0.15) is 11.6 Å². The molecule has 6 nitrogen and oxygen atoms in total. The molecule has 1 N–H and O–H groups in total. The van der Waals surface area contributed by atoms with E-state index in [9.17, 15) is 4.79 Å². The van der Waals surface area contributed by atoms with E-state index < -0.39 is 0 Å². The fourth-order valence-corrected chi connectivity index (χ4v) is 5.28. The van der Waals surface area contributed by atoms with Gasteiger partial charge in [0.15, 0.2) is 5.16 Å². The monoisotopic (exact) mass is 436 g/mol. The summed E-state index contributed by atoms with van der Waals surface area (Å²) in [6, 6.07) is 14.3. The Morgan fingerprint density at radius 3 is 2.61 bits per heavy atom. The molecule has 1 amide bonds. The summed E-state index contributed by atoms with van der Waals surface area (Å²) < 4.78 is 7.65. The lowest BCUT2D eigenvalue weighted by atomic mass is 9.91. The van der Waals surface area contributed by atoms with Gasteiger partial charge in [-0.1, -0.05) is 54.9 Å². The Bertz CT molecular complexity index is 992. The number of hydrogen-bond donors (Lipinski definition) is 1. The van der Waals surface area contributed by atoms with Gasteiger partial charge >= 0.3 is 0 Å². The number of benzene rings is 1. The van der Waals surface area contributed by atoms with E-state index >= 15 is 0 Å². The highest BCUT2D eigenvalue weighted by molar-refractivity contribution is 7.99. The van der Waals surface area contributed by atoms with Gasteiger partial charge in [0.05, 0.1) is 24.6 Å². The lowest BCUT2D eigenvalue weighted by Gasteiger charge is -2.25. The number of hydrogen-bond acceptors (Lipinski definition) is 5. The maximum absolute atomic E-state index is 12.9. The molecule has 1 aromatic carbocycles. The summed E-state index contributed by atoms with van der Waals surface area (Å²) in [5.41, 5.74) is 1.20. The molecule has 31 heavy (non-hydrogen) atoms. The lowest BCUT2D eigenvalue weighted by Crippen LogP contribution is -2.34. The topological polar surface area (TPSA) is 73.0 Å². The molecule has 2 aliphatic carbocycles. The van der Waals surface area contributed by atoms with Crippen molar-refractivity contribution >= 4 is 17.7 Å². The Morgan fingerprint density at radius 2 is 1.90 bits per heavy atom. The minimum absolute atomic E-state index is 0.0475. The molecule has 5 rings (SSSR count). The van der Waals surface area contributed by atoms with Crippen LogP contribution < -0.4 is 5.32 Å². The third-order valence-corrected chi connectivity index (χ3v) is 7.23. The van der Waals surface area contributed by atoms with Crippen molar-refractivity contribution in [1.82, 2.24) is 20.1 Å². The molecule has 0 radical (unpaired) electrons. The van der Waals surface area contributed by atoms with Crippen LogP contribution in [0.15, 0.2) is 58.3 Å². The third-order valence-electron chi connectivity index (χ3n) is 6.26. The van der Waals surface area contributed by atoms with Crippen LogP contribution in [0, 0.1) is 5.92 Å². The lowest BCUT2D eigenvalue weighted by molar-refractivity contribution is -0.119. The molecule has 0 spiro atoms. The number of rotatable bonds is 9. The van der Waals surface area contributed by atoms with Crippen molar-refractivity contribution < 1.29 is 9.21 Å². The van der Waals surface area contributed by atoms with Crippen LogP contribution in [0.5, 0.6) is 0 Å². The summed E-state index contributed by atoms with van der Waals surface area (Å²) in [5.74, 6) is 3.25. The number of amides is 1. The third kappa shape index (κ3) is 4.87. The van der Waals surface area contributed by atoms with Crippen LogP contribution in [0.4, 0.5) is 0 Å². The predicted octanol–water partition coefficient (Wildman–Crippen LogP) is 4.94. The highest BCUT2D eigenvalue weighted by Gasteiger charge is 2.31. The molecule has 3 aromatic rings. The fraction of sp³-hybridized carbons (Fsp3) is 0.458. The zero-order valence-corrected chi connectivity index (χ0v) is 18.4. The highest BCUT2D eigenvalue weighted by atomic mass is 32.2. The van der Waals surface area contributed by atoms with Crippen LogP contribution in [0.3, 0.4) is 0 Å². The van der Waals surface area contributed by atoms with Gasteiger partial charge in [-0.3, -0.25) is 9.36 Å². The van der Waals surface area contributed by atoms with Crippen LogP contribution in [0.2, 0.25) is 0 Å². The molecule has 0 aliphatic heterocycles. The first-order valence-corrected chi connectivity index (χ1v) is 12.2. The van der Waals surface area contributed by atoms with Crippen LogP contribution in [-0.2, 0) is 11.3 Å². The summed E-state index contributed by atoms with van der Waals surface area (Å²) in [4.78, 5) is 12.9. The molecule has 1 unspecified atom stereocenters. The Kier molecular flexibility index (Phi) is 6.11. The Balaban J connectivity index is 1.26. The molecular formula is C24H28N4O2S. The maximum atomic E-state index is 12.9. The first kappa shape index (κ1) is 20.4. The quantitative estimate of drug-likeness (QED) is 0.481. The van der Waals surface area contributed by atoms with Gasteiger partial charge in [0.2, 0.25) is 5.91 Å². The molecule has 2 fully saturated rings. The van der Waals surface area contributed by atoms with Gasteiger partial charge in [-0.05, 0) is 49.3 Å². The van der Waals surface area contributed by atoms with E-state index in [1.165, 1.54) is 43.0 Å². The van der Waals surface area contributed by atoms with Crippen LogP contribution in [0.25, 0.3) is 0 Å². The number of carbonyl (C=O) groups is 1. The van der Waals surface area contributed by atoms with Crippen molar-refractivity contribution in [2.24, 2.45) is 5.92 Å². The number of aromatic nitrogens is 3. The summed E-state index contributed by atoms with van der Waals surface area (Å²) in [6.45, 7) is 0.602. The van der Waals surface area contributed by atoms with E-state index in [0.29, 0.717) is 24.1 Å². The molecular weight excluding hydrogens is 408 g/mol. The number of carbonyl (C=O) groups excluding carboxylic acids is 1.